The van der Waals surface area contributed by atoms with Gasteiger partial charge in [-0.05, 0) is 12.8 Å². The van der Waals surface area contributed by atoms with Gasteiger partial charge in [0.25, 0.3) is 5.91 Å². The van der Waals surface area contributed by atoms with E-state index in [0.717, 1.165) is 12.8 Å². The predicted octanol–water partition coefficient (Wildman–Crippen LogP) is 2.01. The van der Waals surface area contributed by atoms with E-state index in [1.807, 2.05) is 13.8 Å². The fraction of sp³-hybridized carbons (Fsp3) is 0.778. The Bertz CT molecular complexity index is 224. The van der Waals surface area contributed by atoms with Crippen LogP contribution < -0.4 is 5.32 Å². The fourth-order valence-electron chi connectivity index (χ4n) is 1.72. The van der Waals surface area contributed by atoms with Crippen molar-refractivity contribution in [2.24, 2.45) is 0 Å². The Labute approximate surface area is 89.8 Å². The maximum atomic E-state index is 11.4. The molecule has 0 spiro atoms. The van der Waals surface area contributed by atoms with Gasteiger partial charge in [-0.1, -0.05) is 26.7 Å². The Morgan fingerprint density at radius 2 is 1.71 bits per heavy atom. The highest BCUT2D eigenvalue weighted by atomic mass is 35.5. The summed E-state index contributed by atoms with van der Waals surface area (Å²) < 4.78 is 5.04. The van der Waals surface area contributed by atoms with Gasteiger partial charge < -0.3 is 4.74 Å². The number of halogens is 1. The molecule has 0 aromatic rings. The third kappa shape index (κ3) is 2.38. The van der Waals surface area contributed by atoms with Crippen molar-refractivity contribution in [3.8, 4) is 0 Å². The summed E-state index contributed by atoms with van der Waals surface area (Å²) >= 11 is 0. The number of carbonyl (C=O) groups excluding carboxylic acids is 2. The molecule has 0 aromatic carbocycles. The van der Waals surface area contributed by atoms with E-state index < -0.39 is 11.7 Å². The molecule has 0 aromatic heterocycles. The fourth-order valence-corrected chi connectivity index (χ4v) is 1.72. The van der Waals surface area contributed by atoms with Crippen molar-refractivity contribution in [2.45, 2.75) is 45.1 Å². The van der Waals surface area contributed by atoms with E-state index in [-0.39, 0.29) is 18.3 Å². The van der Waals surface area contributed by atoms with Gasteiger partial charge in [-0.3, -0.25) is 10.1 Å². The van der Waals surface area contributed by atoms with Crippen LogP contribution in [0.5, 0.6) is 0 Å². The molecule has 1 fully saturated rings. The minimum atomic E-state index is -0.874. The summed E-state index contributed by atoms with van der Waals surface area (Å²) in [4.78, 5) is 22.3. The highest BCUT2D eigenvalue weighted by Gasteiger charge is 2.47. The lowest BCUT2D eigenvalue weighted by Crippen LogP contribution is -2.38. The first-order valence-electron chi connectivity index (χ1n) is 4.69. The molecule has 0 radical (unpaired) electrons. The number of rotatable bonds is 4. The Morgan fingerprint density at radius 1 is 1.21 bits per heavy atom. The van der Waals surface area contributed by atoms with Gasteiger partial charge in [0.05, 0.1) is 0 Å². The maximum Gasteiger partial charge on any atom is 0.415 e. The van der Waals surface area contributed by atoms with Gasteiger partial charge in [0.1, 0.15) is 0 Å². The second kappa shape index (κ2) is 5.20. The standard InChI is InChI=1S/C9H15NO3.ClH/c1-3-5-9(6-4-2)7(11)10-8(12)13-9;/h3-6H2,1-2H3,(H,10,11,12);1H. The second-order valence-corrected chi connectivity index (χ2v) is 3.34. The molecule has 2 amide bonds. The van der Waals surface area contributed by atoms with E-state index in [0.29, 0.717) is 12.8 Å². The van der Waals surface area contributed by atoms with E-state index in [2.05, 4.69) is 5.32 Å². The van der Waals surface area contributed by atoms with Gasteiger partial charge >= 0.3 is 6.09 Å². The maximum absolute atomic E-state index is 11.4. The molecule has 1 heterocycles. The average molecular weight is 222 g/mol. The summed E-state index contributed by atoms with van der Waals surface area (Å²) in [5.74, 6) is -0.277. The Balaban J connectivity index is 0.00000169. The van der Waals surface area contributed by atoms with Crippen LogP contribution in [-0.4, -0.2) is 17.6 Å². The van der Waals surface area contributed by atoms with Crippen LogP contribution in [0, 0.1) is 0 Å². The van der Waals surface area contributed by atoms with E-state index in [1.54, 1.807) is 0 Å². The minimum Gasteiger partial charge on any atom is -0.432 e. The smallest absolute Gasteiger partial charge is 0.415 e. The van der Waals surface area contributed by atoms with Crippen molar-refractivity contribution >= 4 is 24.4 Å². The molecule has 1 saturated heterocycles. The summed E-state index contributed by atoms with van der Waals surface area (Å²) in [6, 6.07) is 0. The molecule has 1 N–H and O–H groups in total. The Kier molecular flexibility index (Phi) is 4.91. The van der Waals surface area contributed by atoms with Crippen molar-refractivity contribution < 1.29 is 14.3 Å². The number of ether oxygens (including phenoxy) is 1. The summed E-state index contributed by atoms with van der Waals surface area (Å²) in [5.41, 5.74) is -0.874. The first-order valence-corrected chi connectivity index (χ1v) is 4.69. The van der Waals surface area contributed by atoms with Gasteiger partial charge in [0.2, 0.25) is 0 Å². The average Bonchev–Trinajstić information content (AvgIpc) is 2.28. The number of imide groups is 1. The summed E-state index contributed by atoms with van der Waals surface area (Å²) in [5, 5.41) is 2.18. The Hall–Kier alpha value is -0.770. The number of alkyl carbamates (subject to hydrolysis) is 1. The summed E-state index contributed by atoms with van der Waals surface area (Å²) in [6.07, 6.45) is 2.28. The van der Waals surface area contributed by atoms with E-state index in [1.165, 1.54) is 0 Å². The highest BCUT2D eigenvalue weighted by Crippen LogP contribution is 2.28. The molecule has 0 atom stereocenters. The first kappa shape index (κ1) is 13.2. The molecule has 14 heavy (non-hydrogen) atoms. The number of hydrogen-bond donors (Lipinski definition) is 1. The molecule has 0 saturated carbocycles. The third-order valence-electron chi connectivity index (χ3n) is 2.23. The molecule has 4 nitrogen and oxygen atoms in total. The van der Waals surface area contributed by atoms with Crippen molar-refractivity contribution in [1.82, 2.24) is 5.32 Å². The number of amides is 2. The van der Waals surface area contributed by atoms with Crippen LogP contribution in [-0.2, 0) is 9.53 Å². The summed E-state index contributed by atoms with van der Waals surface area (Å²) in [7, 11) is 0. The molecule has 82 valence electrons. The topological polar surface area (TPSA) is 55.4 Å². The summed E-state index contributed by atoms with van der Waals surface area (Å²) in [6.45, 7) is 3.94. The molecule has 0 bridgehead atoms. The molecular formula is C9H16ClNO3. The zero-order chi connectivity index (χ0) is 9.90. The zero-order valence-corrected chi connectivity index (χ0v) is 9.28. The van der Waals surface area contributed by atoms with Gasteiger partial charge in [-0.2, -0.15) is 0 Å². The van der Waals surface area contributed by atoms with Crippen LogP contribution in [0.1, 0.15) is 39.5 Å². The lowest BCUT2D eigenvalue weighted by atomic mass is 9.92. The number of cyclic esters (lactones) is 1. The first-order chi connectivity index (χ1) is 6.14. The lowest BCUT2D eigenvalue weighted by Gasteiger charge is -2.22. The predicted molar refractivity (Wildman–Crippen MR) is 54.4 cm³/mol. The number of carbonyl (C=O) groups is 2. The van der Waals surface area contributed by atoms with Crippen LogP contribution >= 0.6 is 12.4 Å². The quantitative estimate of drug-likeness (QED) is 0.790. The molecule has 1 rings (SSSR count). The lowest BCUT2D eigenvalue weighted by molar-refractivity contribution is -0.132. The van der Waals surface area contributed by atoms with Gasteiger partial charge in [0, 0.05) is 0 Å². The second-order valence-electron chi connectivity index (χ2n) is 3.34. The van der Waals surface area contributed by atoms with Crippen molar-refractivity contribution in [1.29, 1.82) is 0 Å². The molecular weight excluding hydrogens is 206 g/mol. The van der Waals surface area contributed by atoms with Gasteiger partial charge in [-0.25, -0.2) is 4.79 Å². The highest BCUT2D eigenvalue weighted by molar-refractivity contribution is 6.02. The monoisotopic (exact) mass is 221 g/mol. The van der Waals surface area contributed by atoms with Gasteiger partial charge in [0.15, 0.2) is 5.60 Å². The van der Waals surface area contributed by atoms with Crippen LogP contribution in [0.25, 0.3) is 0 Å². The van der Waals surface area contributed by atoms with Crippen LogP contribution in [0.2, 0.25) is 0 Å². The van der Waals surface area contributed by atoms with E-state index in [9.17, 15) is 9.59 Å². The van der Waals surface area contributed by atoms with E-state index >= 15 is 0 Å². The Morgan fingerprint density at radius 3 is 2.00 bits per heavy atom. The van der Waals surface area contributed by atoms with Crippen molar-refractivity contribution in [3.05, 3.63) is 0 Å². The molecule has 1 aliphatic heterocycles. The molecule has 5 heteroatoms. The van der Waals surface area contributed by atoms with Crippen molar-refractivity contribution in [3.63, 3.8) is 0 Å². The zero-order valence-electron chi connectivity index (χ0n) is 8.46. The number of hydrogen-bond acceptors (Lipinski definition) is 3. The molecule has 0 unspecified atom stereocenters. The van der Waals surface area contributed by atoms with Crippen LogP contribution in [0.4, 0.5) is 4.79 Å². The third-order valence-corrected chi connectivity index (χ3v) is 2.23. The minimum absolute atomic E-state index is 0. The van der Waals surface area contributed by atoms with Crippen LogP contribution in [0.3, 0.4) is 0 Å². The van der Waals surface area contributed by atoms with E-state index in [4.69, 9.17) is 4.74 Å². The number of nitrogens with one attached hydrogen (secondary N) is 1. The molecule has 1 aliphatic rings. The molecule has 0 aliphatic carbocycles. The largest absolute Gasteiger partial charge is 0.432 e. The van der Waals surface area contributed by atoms with Crippen LogP contribution in [0.15, 0.2) is 0 Å². The van der Waals surface area contributed by atoms with Crippen molar-refractivity contribution in [2.75, 3.05) is 0 Å². The normalized spacial score (nSPS) is 18.4. The SMILES string of the molecule is CCCC1(CCC)OC(=O)NC1=O.Cl. The van der Waals surface area contributed by atoms with Gasteiger partial charge in [-0.15, -0.1) is 12.4 Å².